The summed E-state index contributed by atoms with van der Waals surface area (Å²) in [6.45, 7) is 10.5. The lowest BCUT2D eigenvalue weighted by Gasteiger charge is -2.29. The van der Waals surface area contributed by atoms with Crippen molar-refractivity contribution in [2.45, 2.75) is 103 Å². The van der Waals surface area contributed by atoms with Crippen LogP contribution < -0.4 is 5.32 Å². The summed E-state index contributed by atoms with van der Waals surface area (Å²) in [6, 6.07) is -0.00489. The predicted octanol–water partition coefficient (Wildman–Crippen LogP) is 3.33. The summed E-state index contributed by atoms with van der Waals surface area (Å²) in [6.07, 6.45) is 5.94. The van der Waals surface area contributed by atoms with Crippen LogP contribution in [0.3, 0.4) is 0 Å². The van der Waals surface area contributed by atoms with Gasteiger partial charge in [0.25, 0.3) is 0 Å². The summed E-state index contributed by atoms with van der Waals surface area (Å²) in [4.78, 5) is 20.3. The molecule has 1 amide bonds. The highest BCUT2D eigenvalue weighted by Crippen LogP contribution is 2.43. The first-order valence-corrected chi connectivity index (χ1v) is 13.1. The molecule has 2 unspecified atom stereocenters. The highest BCUT2D eigenvalue weighted by Gasteiger charge is 2.44. The third-order valence-corrected chi connectivity index (χ3v) is 7.82. The van der Waals surface area contributed by atoms with E-state index >= 15 is 0 Å². The minimum atomic E-state index is -0.495. The lowest BCUT2D eigenvalue weighted by atomic mass is 10.1. The maximum atomic E-state index is 12.5. The van der Waals surface area contributed by atoms with Crippen molar-refractivity contribution in [1.29, 1.82) is 0 Å². The van der Waals surface area contributed by atoms with Crippen LogP contribution in [0.15, 0.2) is 0 Å². The number of carbonyl (C=O) groups excluding carboxylic acids is 1. The summed E-state index contributed by atoms with van der Waals surface area (Å²) in [7, 11) is 0. The fourth-order valence-corrected chi connectivity index (χ4v) is 5.66. The van der Waals surface area contributed by atoms with Crippen LogP contribution in [-0.2, 0) is 34.5 Å². The molecule has 34 heavy (non-hydrogen) atoms. The van der Waals surface area contributed by atoms with Gasteiger partial charge in [-0.3, -0.25) is 0 Å². The molecule has 10 nitrogen and oxygen atoms in total. The number of nitrogens with one attached hydrogen (secondary N) is 1. The smallest absolute Gasteiger partial charge is 0.410 e. The lowest BCUT2D eigenvalue weighted by Crippen LogP contribution is -2.39. The topological polar surface area (TPSA) is 107 Å². The second-order valence-corrected chi connectivity index (χ2v) is 12.0. The van der Waals surface area contributed by atoms with Gasteiger partial charge in [0, 0.05) is 31.0 Å². The SMILES string of the molecule is CC(C)(C)OC(=O)N1CCc2nc(CNC(CC3CCCO3)c3nnnn3C3(C)CC3)sc2C1. The summed E-state index contributed by atoms with van der Waals surface area (Å²) in [5.74, 6) is 0.882. The molecule has 1 saturated carbocycles. The van der Waals surface area contributed by atoms with Crippen LogP contribution in [0.1, 0.15) is 87.2 Å². The molecule has 11 heteroatoms. The number of thiazole rings is 1. The first kappa shape index (κ1) is 23.6. The van der Waals surface area contributed by atoms with Crippen LogP contribution in [0.5, 0.6) is 0 Å². The molecule has 0 radical (unpaired) electrons. The maximum Gasteiger partial charge on any atom is 0.410 e. The van der Waals surface area contributed by atoms with Gasteiger partial charge in [-0.05, 0) is 70.2 Å². The van der Waals surface area contributed by atoms with E-state index in [0.29, 0.717) is 19.6 Å². The molecule has 2 atom stereocenters. The van der Waals surface area contributed by atoms with Gasteiger partial charge < -0.3 is 19.7 Å². The van der Waals surface area contributed by atoms with E-state index in [4.69, 9.17) is 14.5 Å². The number of carbonyl (C=O) groups is 1. The second kappa shape index (κ2) is 9.16. The van der Waals surface area contributed by atoms with Crippen molar-refractivity contribution in [1.82, 2.24) is 35.4 Å². The molecule has 0 spiro atoms. The largest absolute Gasteiger partial charge is 0.444 e. The normalized spacial score (nSPS) is 22.5. The Balaban J connectivity index is 1.26. The fourth-order valence-electron chi connectivity index (χ4n) is 4.58. The number of ether oxygens (including phenoxy) is 2. The number of hydrogen-bond donors (Lipinski definition) is 1. The highest BCUT2D eigenvalue weighted by molar-refractivity contribution is 7.11. The van der Waals surface area contributed by atoms with E-state index in [1.807, 2.05) is 25.5 Å². The third kappa shape index (κ3) is 5.26. The van der Waals surface area contributed by atoms with E-state index in [-0.39, 0.29) is 23.8 Å². The molecule has 1 N–H and O–H groups in total. The van der Waals surface area contributed by atoms with Gasteiger partial charge >= 0.3 is 6.09 Å². The quantitative estimate of drug-likeness (QED) is 0.631. The number of hydrogen-bond acceptors (Lipinski definition) is 9. The molecule has 2 fully saturated rings. The maximum absolute atomic E-state index is 12.5. The Morgan fingerprint density at radius 1 is 1.38 bits per heavy atom. The molecule has 5 rings (SSSR count). The minimum Gasteiger partial charge on any atom is -0.444 e. The van der Waals surface area contributed by atoms with Crippen molar-refractivity contribution in [2.75, 3.05) is 13.2 Å². The van der Waals surface area contributed by atoms with E-state index in [1.165, 1.54) is 0 Å². The zero-order valence-corrected chi connectivity index (χ0v) is 21.4. The Labute approximate surface area is 204 Å². The average molecular weight is 490 g/mol. The van der Waals surface area contributed by atoms with Gasteiger partial charge in [0.15, 0.2) is 5.82 Å². The molecule has 1 saturated heterocycles. The molecule has 4 heterocycles. The van der Waals surface area contributed by atoms with E-state index in [0.717, 1.165) is 66.5 Å². The Morgan fingerprint density at radius 2 is 2.21 bits per heavy atom. The number of rotatable bonds is 7. The zero-order valence-electron chi connectivity index (χ0n) is 20.5. The van der Waals surface area contributed by atoms with Crippen LogP contribution in [0.25, 0.3) is 0 Å². The molecule has 2 aromatic heterocycles. The van der Waals surface area contributed by atoms with Gasteiger partial charge in [0.05, 0.1) is 29.9 Å². The molecule has 186 valence electrons. The Kier molecular flexibility index (Phi) is 6.36. The number of tetrazole rings is 1. The minimum absolute atomic E-state index is 0.00489. The average Bonchev–Trinajstić information content (AvgIpc) is 3.23. The van der Waals surface area contributed by atoms with Crippen LogP contribution in [0.2, 0.25) is 0 Å². The summed E-state index contributed by atoms with van der Waals surface area (Å²) in [5.41, 5.74) is 0.624. The van der Waals surface area contributed by atoms with Gasteiger partial charge in [-0.2, -0.15) is 0 Å². The summed E-state index contributed by atoms with van der Waals surface area (Å²) >= 11 is 1.67. The lowest BCUT2D eigenvalue weighted by molar-refractivity contribution is 0.0225. The first-order valence-electron chi connectivity index (χ1n) is 12.3. The van der Waals surface area contributed by atoms with Crippen LogP contribution in [0, 0.1) is 0 Å². The molecule has 0 aromatic carbocycles. The monoisotopic (exact) mass is 489 g/mol. The Morgan fingerprint density at radius 3 is 2.91 bits per heavy atom. The van der Waals surface area contributed by atoms with Crippen molar-refractivity contribution in [2.24, 2.45) is 0 Å². The molecule has 0 bridgehead atoms. The fraction of sp³-hybridized carbons (Fsp3) is 0.783. The number of amides is 1. The second-order valence-electron chi connectivity index (χ2n) is 10.9. The Hall–Kier alpha value is -2.11. The zero-order chi connectivity index (χ0) is 23.9. The van der Waals surface area contributed by atoms with Crippen molar-refractivity contribution in [3.63, 3.8) is 0 Å². The summed E-state index contributed by atoms with van der Waals surface area (Å²) < 4.78 is 13.5. The summed E-state index contributed by atoms with van der Waals surface area (Å²) in [5, 5.41) is 17.4. The van der Waals surface area contributed by atoms with Crippen molar-refractivity contribution < 1.29 is 14.3 Å². The van der Waals surface area contributed by atoms with Gasteiger partial charge in [-0.25, -0.2) is 14.5 Å². The van der Waals surface area contributed by atoms with Crippen LogP contribution in [0.4, 0.5) is 4.79 Å². The molecular weight excluding hydrogens is 454 g/mol. The molecular formula is C23H35N7O3S. The van der Waals surface area contributed by atoms with E-state index < -0.39 is 5.60 Å². The van der Waals surface area contributed by atoms with Gasteiger partial charge in [0.1, 0.15) is 10.6 Å². The highest BCUT2D eigenvalue weighted by atomic mass is 32.1. The molecule has 2 aliphatic heterocycles. The predicted molar refractivity (Wildman–Crippen MR) is 126 cm³/mol. The van der Waals surface area contributed by atoms with Gasteiger partial charge in [-0.1, -0.05) is 0 Å². The number of aromatic nitrogens is 5. The van der Waals surface area contributed by atoms with E-state index in [9.17, 15) is 4.79 Å². The first-order chi connectivity index (χ1) is 16.2. The standard InChI is InChI=1S/C23H35N7O3S/c1-22(2,3)33-21(31)29-10-7-16-18(14-29)34-19(25-16)13-24-17(12-15-6-5-11-32-15)20-26-27-28-30(20)23(4)8-9-23/h15,17,24H,5-14H2,1-4H3. The molecule has 3 aliphatic rings. The van der Waals surface area contributed by atoms with Gasteiger partial charge in [0.2, 0.25) is 0 Å². The van der Waals surface area contributed by atoms with Gasteiger partial charge in [-0.15, -0.1) is 16.4 Å². The van der Waals surface area contributed by atoms with Crippen LogP contribution >= 0.6 is 11.3 Å². The van der Waals surface area contributed by atoms with E-state index in [2.05, 4.69) is 27.8 Å². The molecule has 2 aromatic rings. The number of fused-ring (bicyclic) bond motifs is 1. The van der Waals surface area contributed by atoms with E-state index in [1.54, 1.807) is 16.2 Å². The van der Waals surface area contributed by atoms with Crippen LogP contribution in [-0.4, -0.2) is 61.0 Å². The van der Waals surface area contributed by atoms with Crippen molar-refractivity contribution in [3.8, 4) is 0 Å². The van der Waals surface area contributed by atoms with Crippen molar-refractivity contribution in [3.05, 3.63) is 21.4 Å². The van der Waals surface area contributed by atoms with Crippen molar-refractivity contribution >= 4 is 17.4 Å². The third-order valence-electron chi connectivity index (χ3n) is 6.74. The number of nitrogens with zero attached hydrogens (tertiary/aromatic N) is 6. The molecule has 1 aliphatic carbocycles. The Bertz CT molecular complexity index is 1020.